The van der Waals surface area contributed by atoms with Crippen molar-refractivity contribution < 1.29 is 22.7 Å². The fourth-order valence-electron chi connectivity index (χ4n) is 3.11. The highest BCUT2D eigenvalue weighted by molar-refractivity contribution is 7.89. The molecular weight excluding hydrogens is 345 g/mol. The third kappa shape index (κ3) is 3.72. The lowest BCUT2D eigenvalue weighted by Gasteiger charge is -2.32. The van der Waals surface area contributed by atoms with Crippen LogP contribution in [0.5, 0.6) is 0 Å². The molecule has 1 fully saturated rings. The normalized spacial score (nSPS) is 18.8. The molecule has 0 amide bonds. The summed E-state index contributed by atoms with van der Waals surface area (Å²) in [5.74, 6) is -1.56. The fourth-order valence-corrected chi connectivity index (χ4v) is 4.64. The predicted octanol–water partition coefficient (Wildman–Crippen LogP) is 3.09. The minimum absolute atomic E-state index is 0.0637. The van der Waals surface area contributed by atoms with E-state index in [1.165, 1.54) is 22.5 Å². The molecule has 2 aromatic rings. The molecule has 2 aromatic carbocycles. The number of hydrogen-bond donors (Lipinski definition) is 1. The Morgan fingerprint density at radius 3 is 2.56 bits per heavy atom. The van der Waals surface area contributed by atoms with Crippen LogP contribution < -0.4 is 0 Å². The van der Waals surface area contributed by atoms with Gasteiger partial charge >= 0.3 is 5.97 Å². The number of hydrogen-bond acceptors (Lipinski definition) is 3. The summed E-state index contributed by atoms with van der Waals surface area (Å²) in [6.45, 7) is 0.678. The zero-order valence-electron chi connectivity index (χ0n) is 13.4. The van der Waals surface area contributed by atoms with Gasteiger partial charge in [0.1, 0.15) is 5.82 Å². The maximum atomic E-state index is 13.0. The SMILES string of the molecule is O=C(O)c1cccc([C@@H]2CCCN(S(=O)(=O)c3ccc(F)cc3)C2)c1. The van der Waals surface area contributed by atoms with Crippen molar-refractivity contribution >= 4 is 16.0 Å². The number of carbonyl (C=O) groups is 1. The Morgan fingerprint density at radius 1 is 1.16 bits per heavy atom. The lowest BCUT2D eigenvalue weighted by molar-refractivity contribution is 0.0696. The largest absolute Gasteiger partial charge is 0.478 e. The van der Waals surface area contributed by atoms with Crippen LogP contribution in [0, 0.1) is 5.82 Å². The number of benzene rings is 2. The van der Waals surface area contributed by atoms with Crippen LogP contribution in [0.1, 0.15) is 34.7 Å². The van der Waals surface area contributed by atoms with E-state index < -0.39 is 21.8 Å². The first-order valence-electron chi connectivity index (χ1n) is 7.97. The third-order valence-corrected chi connectivity index (χ3v) is 6.32. The zero-order chi connectivity index (χ0) is 18.0. The molecule has 25 heavy (non-hydrogen) atoms. The molecule has 132 valence electrons. The van der Waals surface area contributed by atoms with E-state index in [0.717, 1.165) is 24.1 Å². The minimum atomic E-state index is -3.70. The number of rotatable bonds is 4. The first-order valence-corrected chi connectivity index (χ1v) is 9.41. The van der Waals surface area contributed by atoms with Crippen LogP contribution >= 0.6 is 0 Å². The van der Waals surface area contributed by atoms with Gasteiger partial charge in [0.15, 0.2) is 0 Å². The molecule has 0 spiro atoms. The highest BCUT2D eigenvalue weighted by Gasteiger charge is 2.31. The van der Waals surface area contributed by atoms with E-state index in [-0.39, 0.29) is 22.9 Å². The third-order valence-electron chi connectivity index (χ3n) is 4.44. The van der Waals surface area contributed by atoms with Gasteiger partial charge in [-0.2, -0.15) is 4.31 Å². The van der Waals surface area contributed by atoms with Crippen LogP contribution in [0.15, 0.2) is 53.4 Å². The van der Waals surface area contributed by atoms with E-state index in [9.17, 15) is 17.6 Å². The number of carboxylic acid groups (broad SMARTS) is 1. The van der Waals surface area contributed by atoms with Gasteiger partial charge in [0, 0.05) is 13.1 Å². The van der Waals surface area contributed by atoms with Gasteiger partial charge in [-0.05, 0) is 60.7 Å². The number of sulfonamides is 1. The van der Waals surface area contributed by atoms with Crippen molar-refractivity contribution in [3.8, 4) is 0 Å². The van der Waals surface area contributed by atoms with Gasteiger partial charge in [0.05, 0.1) is 10.5 Å². The van der Waals surface area contributed by atoms with E-state index in [2.05, 4.69) is 0 Å². The molecule has 1 saturated heterocycles. The van der Waals surface area contributed by atoms with E-state index in [1.54, 1.807) is 12.1 Å². The van der Waals surface area contributed by atoms with Crippen molar-refractivity contribution in [3.05, 3.63) is 65.5 Å². The monoisotopic (exact) mass is 363 g/mol. The average molecular weight is 363 g/mol. The zero-order valence-corrected chi connectivity index (χ0v) is 14.2. The summed E-state index contributed by atoms with van der Waals surface area (Å²) in [6.07, 6.45) is 1.47. The summed E-state index contributed by atoms with van der Waals surface area (Å²) in [7, 11) is -3.70. The second-order valence-electron chi connectivity index (χ2n) is 6.09. The Kier molecular flexibility index (Phi) is 4.87. The van der Waals surface area contributed by atoms with Gasteiger partial charge in [-0.3, -0.25) is 0 Å². The second kappa shape index (κ2) is 6.93. The predicted molar refractivity (Wildman–Crippen MR) is 90.5 cm³/mol. The Balaban J connectivity index is 1.84. The fraction of sp³-hybridized carbons (Fsp3) is 0.278. The number of halogens is 1. The number of carboxylic acids is 1. The number of aromatic carboxylic acids is 1. The molecule has 3 rings (SSSR count). The molecule has 1 N–H and O–H groups in total. The van der Waals surface area contributed by atoms with Gasteiger partial charge in [-0.1, -0.05) is 12.1 Å². The van der Waals surface area contributed by atoms with Crippen LogP contribution in [0.4, 0.5) is 4.39 Å². The smallest absolute Gasteiger partial charge is 0.335 e. The molecule has 5 nitrogen and oxygen atoms in total. The van der Waals surface area contributed by atoms with Gasteiger partial charge in [0.25, 0.3) is 0 Å². The lowest BCUT2D eigenvalue weighted by Crippen LogP contribution is -2.39. The Bertz CT molecular complexity index is 880. The molecule has 1 aliphatic rings. The summed E-state index contributed by atoms with van der Waals surface area (Å²) in [5, 5.41) is 9.12. The van der Waals surface area contributed by atoms with E-state index in [0.29, 0.717) is 13.0 Å². The van der Waals surface area contributed by atoms with Gasteiger partial charge in [-0.25, -0.2) is 17.6 Å². The van der Waals surface area contributed by atoms with Crippen LogP contribution in [-0.4, -0.2) is 36.9 Å². The summed E-state index contributed by atoms with van der Waals surface area (Å²) < 4.78 is 40.0. The summed E-state index contributed by atoms with van der Waals surface area (Å²) in [4.78, 5) is 11.2. The molecule has 1 atom stereocenters. The molecule has 7 heteroatoms. The Morgan fingerprint density at radius 2 is 1.88 bits per heavy atom. The highest BCUT2D eigenvalue weighted by Crippen LogP contribution is 2.30. The molecule has 0 aromatic heterocycles. The van der Waals surface area contributed by atoms with Crippen LogP contribution in [0.25, 0.3) is 0 Å². The molecule has 1 heterocycles. The first-order chi connectivity index (χ1) is 11.9. The number of piperidine rings is 1. The van der Waals surface area contributed by atoms with Crippen LogP contribution in [0.2, 0.25) is 0 Å². The van der Waals surface area contributed by atoms with Crippen molar-refractivity contribution in [2.45, 2.75) is 23.7 Å². The molecule has 1 aliphatic heterocycles. The first kappa shape index (κ1) is 17.6. The Hall–Kier alpha value is -2.25. The Labute approximate surface area is 145 Å². The summed E-state index contributed by atoms with van der Waals surface area (Å²) in [6, 6.07) is 11.4. The molecule has 0 saturated carbocycles. The van der Waals surface area contributed by atoms with Crippen LogP contribution in [-0.2, 0) is 10.0 Å². The highest BCUT2D eigenvalue weighted by atomic mass is 32.2. The average Bonchev–Trinajstić information content (AvgIpc) is 2.62. The van der Waals surface area contributed by atoms with Crippen molar-refractivity contribution in [2.75, 3.05) is 13.1 Å². The lowest BCUT2D eigenvalue weighted by atomic mass is 9.91. The standard InChI is InChI=1S/C18H18FNO4S/c19-16-6-8-17(9-7-16)25(23,24)20-10-2-5-15(12-20)13-3-1-4-14(11-13)18(21)22/h1,3-4,6-9,11,15H,2,5,10,12H2,(H,21,22)/t15-/m1/s1. The topological polar surface area (TPSA) is 74.7 Å². The minimum Gasteiger partial charge on any atom is -0.478 e. The quantitative estimate of drug-likeness (QED) is 0.906. The van der Waals surface area contributed by atoms with E-state index in [1.807, 2.05) is 6.07 Å². The second-order valence-corrected chi connectivity index (χ2v) is 8.02. The molecule has 0 bridgehead atoms. The number of nitrogens with zero attached hydrogens (tertiary/aromatic N) is 1. The molecular formula is C18H18FNO4S. The van der Waals surface area contributed by atoms with E-state index >= 15 is 0 Å². The van der Waals surface area contributed by atoms with Gasteiger partial charge in [-0.15, -0.1) is 0 Å². The molecule has 0 aliphatic carbocycles. The summed E-state index contributed by atoms with van der Waals surface area (Å²) >= 11 is 0. The van der Waals surface area contributed by atoms with Crippen molar-refractivity contribution in [1.82, 2.24) is 4.31 Å². The van der Waals surface area contributed by atoms with Gasteiger partial charge in [0.2, 0.25) is 10.0 Å². The van der Waals surface area contributed by atoms with Crippen molar-refractivity contribution in [2.24, 2.45) is 0 Å². The molecule has 0 unspecified atom stereocenters. The van der Waals surface area contributed by atoms with E-state index in [4.69, 9.17) is 5.11 Å². The maximum absolute atomic E-state index is 13.0. The van der Waals surface area contributed by atoms with Gasteiger partial charge < -0.3 is 5.11 Å². The van der Waals surface area contributed by atoms with Crippen molar-refractivity contribution in [1.29, 1.82) is 0 Å². The summed E-state index contributed by atoms with van der Waals surface area (Å²) in [5.41, 5.74) is 1.01. The van der Waals surface area contributed by atoms with Crippen LogP contribution in [0.3, 0.4) is 0 Å². The maximum Gasteiger partial charge on any atom is 0.335 e. The van der Waals surface area contributed by atoms with Crippen molar-refractivity contribution in [3.63, 3.8) is 0 Å². The molecule has 0 radical (unpaired) electrons.